The molecule has 2 fully saturated rings. The third kappa shape index (κ3) is 4.62. The second-order valence-corrected chi connectivity index (χ2v) is 8.40. The lowest BCUT2D eigenvalue weighted by Gasteiger charge is -2.35. The molecule has 5 heteroatoms. The Labute approximate surface area is 168 Å². The van der Waals surface area contributed by atoms with Crippen LogP contribution in [0.15, 0.2) is 36.5 Å². The van der Waals surface area contributed by atoms with Gasteiger partial charge in [0.25, 0.3) is 5.91 Å². The standard InChI is InChI=1S/C23H32N4O/c28-23(22-18-27(25-24-22)21-13-6-1-2-7-14-21)26-17-9-8-12-20(26)16-15-19-10-4-3-5-11-19/h3-5,10-11,18,20-21H,1-2,6-9,12-17H2/t20-/m1/s1. The Balaban J connectivity index is 1.41. The molecule has 1 aromatic heterocycles. The summed E-state index contributed by atoms with van der Waals surface area (Å²) in [6.07, 6.45) is 14.8. The zero-order valence-corrected chi connectivity index (χ0v) is 16.8. The van der Waals surface area contributed by atoms with E-state index in [9.17, 15) is 4.79 Å². The van der Waals surface area contributed by atoms with Crippen molar-refractivity contribution in [2.45, 2.75) is 82.7 Å². The predicted octanol–water partition coefficient (Wildman–Crippen LogP) is 4.80. The zero-order valence-electron chi connectivity index (χ0n) is 16.8. The molecule has 1 atom stereocenters. The molecular formula is C23H32N4O. The van der Waals surface area contributed by atoms with Gasteiger partial charge in [-0.15, -0.1) is 5.10 Å². The summed E-state index contributed by atoms with van der Waals surface area (Å²) in [6.45, 7) is 0.842. The van der Waals surface area contributed by atoms with Gasteiger partial charge in [-0.3, -0.25) is 4.79 Å². The highest BCUT2D eigenvalue weighted by molar-refractivity contribution is 5.92. The lowest BCUT2D eigenvalue weighted by molar-refractivity contribution is 0.0595. The number of nitrogens with zero attached hydrogens (tertiary/aromatic N) is 4. The van der Waals surface area contributed by atoms with Gasteiger partial charge in [0.05, 0.1) is 12.2 Å². The van der Waals surface area contributed by atoms with Crippen molar-refractivity contribution in [2.75, 3.05) is 6.54 Å². The van der Waals surface area contributed by atoms with Crippen molar-refractivity contribution < 1.29 is 4.79 Å². The van der Waals surface area contributed by atoms with E-state index in [1.165, 1.54) is 37.7 Å². The number of carbonyl (C=O) groups excluding carboxylic acids is 1. The van der Waals surface area contributed by atoms with Crippen LogP contribution in [0, 0.1) is 0 Å². The van der Waals surface area contributed by atoms with Crippen molar-refractivity contribution in [3.63, 3.8) is 0 Å². The fourth-order valence-corrected chi connectivity index (χ4v) is 4.77. The molecule has 2 heterocycles. The molecule has 1 saturated carbocycles. The minimum atomic E-state index is 0.0673. The maximum absolute atomic E-state index is 13.2. The molecule has 0 unspecified atom stereocenters. The lowest BCUT2D eigenvalue weighted by Crippen LogP contribution is -2.44. The van der Waals surface area contributed by atoms with Crippen LogP contribution in [0.1, 0.15) is 86.3 Å². The van der Waals surface area contributed by atoms with Gasteiger partial charge in [-0.2, -0.15) is 0 Å². The van der Waals surface area contributed by atoms with Crippen LogP contribution in [0.2, 0.25) is 0 Å². The molecule has 0 bridgehead atoms. The van der Waals surface area contributed by atoms with Crippen LogP contribution in [-0.2, 0) is 6.42 Å². The minimum absolute atomic E-state index is 0.0673. The highest BCUT2D eigenvalue weighted by atomic mass is 16.2. The number of benzene rings is 1. The van der Waals surface area contributed by atoms with Crippen LogP contribution in [0.4, 0.5) is 0 Å². The number of hydrogen-bond acceptors (Lipinski definition) is 3. The van der Waals surface area contributed by atoms with Crippen molar-refractivity contribution >= 4 is 5.91 Å². The third-order valence-corrected chi connectivity index (χ3v) is 6.43. The molecule has 5 nitrogen and oxygen atoms in total. The zero-order chi connectivity index (χ0) is 19.2. The predicted molar refractivity (Wildman–Crippen MR) is 110 cm³/mol. The number of amides is 1. The monoisotopic (exact) mass is 380 g/mol. The maximum Gasteiger partial charge on any atom is 0.276 e. The normalized spacial score (nSPS) is 21.4. The minimum Gasteiger partial charge on any atom is -0.334 e. The van der Waals surface area contributed by atoms with E-state index in [-0.39, 0.29) is 5.91 Å². The summed E-state index contributed by atoms with van der Waals surface area (Å²) in [5.74, 6) is 0.0673. The molecule has 1 amide bonds. The van der Waals surface area contributed by atoms with Crippen molar-refractivity contribution in [1.29, 1.82) is 0 Å². The highest BCUT2D eigenvalue weighted by Crippen LogP contribution is 2.27. The number of piperidine rings is 1. The topological polar surface area (TPSA) is 51.0 Å². The van der Waals surface area contributed by atoms with E-state index in [1.807, 2.05) is 10.9 Å². The van der Waals surface area contributed by atoms with E-state index in [4.69, 9.17) is 0 Å². The number of hydrogen-bond donors (Lipinski definition) is 0. The largest absolute Gasteiger partial charge is 0.334 e. The van der Waals surface area contributed by atoms with Crippen molar-refractivity contribution in [3.8, 4) is 0 Å². The molecule has 4 rings (SSSR count). The van der Waals surface area contributed by atoms with Gasteiger partial charge >= 0.3 is 0 Å². The van der Waals surface area contributed by atoms with Crippen LogP contribution >= 0.6 is 0 Å². The van der Waals surface area contributed by atoms with E-state index < -0.39 is 0 Å². The molecule has 2 aliphatic rings. The average molecular weight is 381 g/mol. The summed E-state index contributed by atoms with van der Waals surface area (Å²) < 4.78 is 1.96. The van der Waals surface area contributed by atoms with Gasteiger partial charge in [0.1, 0.15) is 0 Å². The molecule has 0 N–H and O–H groups in total. The van der Waals surface area contributed by atoms with E-state index in [0.717, 1.165) is 45.1 Å². The van der Waals surface area contributed by atoms with Crippen molar-refractivity contribution in [2.24, 2.45) is 0 Å². The Morgan fingerprint density at radius 2 is 1.71 bits per heavy atom. The first-order valence-electron chi connectivity index (χ1n) is 11.1. The van der Waals surface area contributed by atoms with E-state index >= 15 is 0 Å². The van der Waals surface area contributed by atoms with Crippen LogP contribution in [-0.4, -0.2) is 38.4 Å². The maximum atomic E-state index is 13.2. The molecule has 1 aliphatic heterocycles. The fraction of sp³-hybridized carbons (Fsp3) is 0.609. The Kier molecular flexibility index (Phi) is 6.40. The summed E-state index contributed by atoms with van der Waals surface area (Å²) >= 11 is 0. The van der Waals surface area contributed by atoms with Crippen LogP contribution in [0.5, 0.6) is 0 Å². The van der Waals surface area contributed by atoms with E-state index in [2.05, 4.69) is 45.5 Å². The molecule has 1 aliphatic carbocycles. The second-order valence-electron chi connectivity index (χ2n) is 8.40. The SMILES string of the molecule is O=C(c1cn(C2CCCCCC2)nn1)N1CCCC[C@@H]1CCc1ccccc1. The summed E-state index contributed by atoms with van der Waals surface area (Å²) in [6, 6.07) is 11.3. The fourth-order valence-electron chi connectivity index (χ4n) is 4.77. The van der Waals surface area contributed by atoms with Gasteiger partial charge in [0.15, 0.2) is 5.69 Å². The lowest BCUT2D eigenvalue weighted by atomic mass is 9.95. The Morgan fingerprint density at radius 3 is 2.50 bits per heavy atom. The van der Waals surface area contributed by atoms with Crippen molar-refractivity contribution in [3.05, 3.63) is 47.8 Å². The summed E-state index contributed by atoms with van der Waals surface area (Å²) in [5.41, 5.74) is 1.87. The van der Waals surface area contributed by atoms with Gasteiger partial charge in [-0.05, 0) is 50.5 Å². The van der Waals surface area contributed by atoms with Gasteiger partial charge in [-0.25, -0.2) is 4.68 Å². The van der Waals surface area contributed by atoms with Crippen molar-refractivity contribution in [1.82, 2.24) is 19.9 Å². The van der Waals surface area contributed by atoms with Crippen LogP contribution in [0.25, 0.3) is 0 Å². The van der Waals surface area contributed by atoms with Gasteiger partial charge < -0.3 is 4.90 Å². The number of aryl methyl sites for hydroxylation is 1. The Morgan fingerprint density at radius 1 is 0.964 bits per heavy atom. The number of rotatable bonds is 5. The van der Waals surface area contributed by atoms with Gasteiger partial charge in [0, 0.05) is 12.6 Å². The van der Waals surface area contributed by atoms with E-state index in [1.54, 1.807) is 0 Å². The van der Waals surface area contributed by atoms with Gasteiger partial charge in [-0.1, -0.05) is 61.2 Å². The average Bonchev–Trinajstić information content (AvgIpc) is 3.08. The smallest absolute Gasteiger partial charge is 0.276 e. The molecule has 28 heavy (non-hydrogen) atoms. The summed E-state index contributed by atoms with van der Waals surface area (Å²) in [7, 11) is 0. The number of likely N-dealkylation sites (tertiary alicyclic amines) is 1. The van der Waals surface area contributed by atoms with E-state index in [0.29, 0.717) is 17.8 Å². The van der Waals surface area contributed by atoms with Crippen LogP contribution < -0.4 is 0 Å². The van der Waals surface area contributed by atoms with Gasteiger partial charge in [0.2, 0.25) is 0 Å². The third-order valence-electron chi connectivity index (χ3n) is 6.43. The Hall–Kier alpha value is -2.17. The molecule has 0 spiro atoms. The number of aromatic nitrogens is 3. The first-order valence-corrected chi connectivity index (χ1v) is 11.1. The summed E-state index contributed by atoms with van der Waals surface area (Å²) in [5, 5.41) is 8.61. The Bertz CT molecular complexity index is 749. The quantitative estimate of drug-likeness (QED) is 0.700. The molecule has 1 saturated heterocycles. The molecule has 0 radical (unpaired) electrons. The van der Waals surface area contributed by atoms with Crippen LogP contribution in [0.3, 0.4) is 0 Å². The molecule has 150 valence electrons. The summed E-state index contributed by atoms with van der Waals surface area (Å²) in [4.78, 5) is 15.3. The molecule has 2 aromatic rings. The number of carbonyl (C=O) groups is 1. The highest BCUT2D eigenvalue weighted by Gasteiger charge is 2.29. The first-order chi connectivity index (χ1) is 13.8. The second kappa shape index (κ2) is 9.35. The first kappa shape index (κ1) is 19.2. The molecular weight excluding hydrogens is 348 g/mol. The molecule has 1 aromatic carbocycles.